The van der Waals surface area contributed by atoms with Crippen molar-refractivity contribution in [2.75, 3.05) is 17.2 Å². The number of halogens is 1. The monoisotopic (exact) mass is 285 g/mol. The van der Waals surface area contributed by atoms with E-state index in [-0.39, 0.29) is 6.42 Å². The molecule has 0 bridgehead atoms. The topological polar surface area (TPSA) is 40.5 Å². The molecule has 1 aromatic carbocycles. The molecule has 0 spiro atoms. The zero-order valence-electron chi connectivity index (χ0n) is 10.4. The number of thioether (sulfide) groups is 1. The van der Waals surface area contributed by atoms with Gasteiger partial charge in [0.25, 0.3) is 0 Å². The lowest BCUT2D eigenvalue weighted by molar-refractivity contribution is -0.136. The summed E-state index contributed by atoms with van der Waals surface area (Å²) in [7, 11) is 0. The zero-order chi connectivity index (χ0) is 13.3. The summed E-state index contributed by atoms with van der Waals surface area (Å²) < 4.78 is 0. The molecule has 1 unspecified atom stereocenters. The normalized spacial score (nSPS) is 18.6. The van der Waals surface area contributed by atoms with Gasteiger partial charge in [0.2, 0.25) is 0 Å². The van der Waals surface area contributed by atoms with E-state index >= 15 is 0 Å². The number of carbonyl (C=O) groups is 1. The molecule has 0 amide bonds. The molecule has 0 aliphatic carbocycles. The van der Waals surface area contributed by atoms with Crippen molar-refractivity contribution in [2.24, 2.45) is 0 Å². The van der Waals surface area contributed by atoms with Crippen molar-refractivity contribution in [3.8, 4) is 0 Å². The SMILES string of the molecule is Cc1cc(Cl)c2c(c1)SCC(C)N2CCC(=O)O. The number of aryl methyl sites for hydroxylation is 1. The van der Waals surface area contributed by atoms with Gasteiger partial charge in [-0.15, -0.1) is 11.8 Å². The minimum Gasteiger partial charge on any atom is -0.481 e. The Labute approximate surface area is 116 Å². The first-order valence-electron chi connectivity index (χ1n) is 5.90. The maximum atomic E-state index is 10.7. The highest BCUT2D eigenvalue weighted by Gasteiger charge is 2.26. The summed E-state index contributed by atoms with van der Waals surface area (Å²) in [5.74, 6) is 0.192. The minimum atomic E-state index is -0.773. The van der Waals surface area contributed by atoms with Crippen molar-refractivity contribution in [3.63, 3.8) is 0 Å². The Kier molecular flexibility index (Phi) is 4.07. The molecule has 5 heteroatoms. The molecule has 0 aromatic heterocycles. The molecule has 1 aromatic rings. The first kappa shape index (κ1) is 13.6. The minimum absolute atomic E-state index is 0.138. The van der Waals surface area contributed by atoms with Gasteiger partial charge in [0.1, 0.15) is 0 Å². The smallest absolute Gasteiger partial charge is 0.305 e. The zero-order valence-corrected chi connectivity index (χ0v) is 12.0. The van der Waals surface area contributed by atoms with Crippen LogP contribution < -0.4 is 4.90 Å². The Morgan fingerprint density at radius 2 is 2.33 bits per heavy atom. The molecule has 1 atom stereocenters. The van der Waals surface area contributed by atoms with Gasteiger partial charge in [0.05, 0.1) is 17.1 Å². The molecule has 1 aliphatic rings. The van der Waals surface area contributed by atoms with Crippen LogP contribution in [-0.4, -0.2) is 29.4 Å². The number of rotatable bonds is 3. The average molecular weight is 286 g/mol. The highest BCUT2D eigenvalue weighted by atomic mass is 35.5. The Morgan fingerprint density at radius 1 is 1.61 bits per heavy atom. The van der Waals surface area contributed by atoms with Crippen LogP contribution in [0.4, 0.5) is 5.69 Å². The summed E-state index contributed by atoms with van der Waals surface area (Å²) in [6, 6.07) is 4.36. The van der Waals surface area contributed by atoms with E-state index < -0.39 is 5.97 Å². The van der Waals surface area contributed by atoms with Crippen LogP contribution in [0.15, 0.2) is 17.0 Å². The van der Waals surface area contributed by atoms with Gasteiger partial charge < -0.3 is 10.0 Å². The predicted molar refractivity (Wildman–Crippen MR) is 76.0 cm³/mol. The Balaban J connectivity index is 2.34. The van der Waals surface area contributed by atoms with Crippen LogP contribution >= 0.6 is 23.4 Å². The highest BCUT2D eigenvalue weighted by molar-refractivity contribution is 7.99. The van der Waals surface area contributed by atoms with E-state index in [0.29, 0.717) is 12.6 Å². The number of anilines is 1. The van der Waals surface area contributed by atoms with Gasteiger partial charge in [-0.2, -0.15) is 0 Å². The quantitative estimate of drug-likeness (QED) is 0.924. The third-order valence-electron chi connectivity index (χ3n) is 3.04. The summed E-state index contributed by atoms with van der Waals surface area (Å²) in [6.07, 6.45) is 0.138. The fraction of sp³-hybridized carbons (Fsp3) is 0.462. The number of benzene rings is 1. The first-order chi connectivity index (χ1) is 8.49. The van der Waals surface area contributed by atoms with Crippen LogP contribution in [0.5, 0.6) is 0 Å². The Bertz CT molecular complexity index is 478. The van der Waals surface area contributed by atoms with E-state index in [1.807, 2.05) is 13.0 Å². The van der Waals surface area contributed by atoms with E-state index in [4.69, 9.17) is 16.7 Å². The van der Waals surface area contributed by atoms with E-state index in [9.17, 15) is 4.79 Å². The third-order valence-corrected chi connectivity index (χ3v) is 4.60. The molecule has 98 valence electrons. The largest absolute Gasteiger partial charge is 0.481 e. The standard InChI is InChI=1S/C13H16ClNO2S/c1-8-5-10(14)13-11(6-8)18-7-9(2)15(13)4-3-12(16)17/h5-6,9H,3-4,7H2,1-2H3,(H,16,17). The summed E-state index contributed by atoms with van der Waals surface area (Å²) in [4.78, 5) is 14.0. The Hall–Kier alpha value is -0.870. The summed E-state index contributed by atoms with van der Waals surface area (Å²) in [5.41, 5.74) is 2.13. The molecule has 1 N–H and O–H groups in total. The molecule has 1 aliphatic heterocycles. The molecule has 0 saturated carbocycles. The molecule has 0 fully saturated rings. The maximum Gasteiger partial charge on any atom is 0.305 e. The fourth-order valence-electron chi connectivity index (χ4n) is 2.16. The molecule has 2 rings (SSSR count). The van der Waals surface area contributed by atoms with E-state index in [1.165, 1.54) is 0 Å². The Morgan fingerprint density at radius 3 is 3.00 bits per heavy atom. The van der Waals surface area contributed by atoms with E-state index in [2.05, 4.69) is 17.9 Å². The lowest BCUT2D eigenvalue weighted by Gasteiger charge is -2.37. The van der Waals surface area contributed by atoms with Crippen LogP contribution in [0.2, 0.25) is 5.02 Å². The van der Waals surface area contributed by atoms with Gasteiger partial charge >= 0.3 is 5.97 Å². The van der Waals surface area contributed by atoms with Crippen molar-refractivity contribution >= 4 is 35.0 Å². The van der Waals surface area contributed by atoms with E-state index in [1.54, 1.807) is 11.8 Å². The number of hydrogen-bond donors (Lipinski definition) is 1. The van der Waals surface area contributed by atoms with Gasteiger partial charge in [-0.1, -0.05) is 11.6 Å². The second-order valence-electron chi connectivity index (χ2n) is 4.59. The number of fused-ring (bicyclic) bond motifs is 1. The van der Waals surface area contributed by atoms with Crippen molar-refractivity contribution in [1.82, 2.24) is 0 Å². The van der Waals surface area contributed by atoms with Gasteiger partial charge in [0, 0.05) is 23.2 Å². The number of aliphatic carboxylic acids is 1. The summed E-state index contributed by atoms with van der Waals surface area (Å²) in [6.45, 7) is 4.63. The summed E-state index contributed by atoms with van der Waals surface area (Å²) >= 11 is 8.11. The van der Waals surface area contributed by atoms with Crippen molar-refractivity contribution < 1.29 is 9.90 Å². The molecule has 3 nitrogen and oxygen atoms in total. The van der Waals surface area contributed by atoms with Crippen LogP contribution in [0.1, 0.15) is 18.9 Å². The van der Waals surface area contributed by atoms with Crippen molar-refractivity contribution in [2.45, 2.75) is 31.2 Å². The molecular weight excluding hydrogens is 270 g/mol. The molecule has 0 saturated heterocycles. The summed E-state index contributed by atoms with van der Waals surface area (Å²) in [5, 5.41) is 9.54. The number of carboxylic acid groups (broad SMARTS) is 1. The first-order valence-corrected chi connectivity index (χ1v) is 7.26. The molecular formula is C13H16ClNO2S. The fourth-order valence-corrected chi connectivity index (χ4v) is 3.83. The number of nitrogens with zero attached hydrogens (tertiary/aromatic N) is 1. The van der Waals surface area contributed by atoms with Crippen LogP contribution in [0.25, 0.3) is 0 Å². The van der Waals surface area contributed by atoms with Gasteiger partial charge in [-0.05, 0) is 31.5 Å². The number of carboxylic acids is 1. The molecule has 0 radical (unpaired) electrons. The van der Waals surface area contributed by atoms with Gasteiger partial charge in [0.15, 0.2) is 0 Å². The lowest BCUT2D eigenvalue weighted by Crippen LogP contribution is -2.39. The average Bonchev–Trinajstić information content (AvgIpc) is 2.27. The molecule has 1 heterocycles. The molecule has 18 heavy (non-hydrogen) atoms. The predicted octanol–water partition coefficient (Wildman–Crippen LogP) is 3.42. The van der Waals surface area contributed by atoms with Crippen LogP contribution in [0.3, 0.4) is 0 Å². The van der Waals surface area contributed by atoms with E-state index in [0.717, 1.165) is 26.9 Å². The third kappa shape index (κ3) is 2.75. The van der Waals surface area contributed by atoms with Crippen LogP contribution in [-0.2, 0) is 4.79 Å². The lowest BCUT2D eigenvalue weighted by atomic mass is 10.1. The second kappa shape index (κ2) is 5.41. The van der Waals surface area contributed by atoms with Crippen molar-refractivity contribution in [3.05, 3.63) is 22.7 Å². The van der Waals surface area contributed by atoms with Gasteiger partial charge in [-0.25, -0.2) is 0 Å². The van der Waals surface area contributed by atoms with Crippen molar-refractivity contribution in [1.29, 1.82) is 0 Å². The van der Waals surface area contributed by atoms with Gasteiger partial charge in [-0.3, -0.25) is 4.79 Å². The second-order valence-corrected chi connectivity index (χ2v) is 6.06. The maximum absolute atomic E-state index is 10.7. The highest BCUT2D eigenvalue weighted by Crippen LogP contribution is 2.42. The van der Waals surface area contributed by atoms with Crippen LogP contribution in [0, 0.1) is 6.92 Å². The number of hydrogen-bond acceptors (Lipinski definition) is 3.